The summed E-state index contributed by atoms with van der Waals surface area (Å²) < 4.78 is 8.07. The minimum Gasteiger partial charge on any atom is -0.408 e. The topological polar surface area (TPSA) is 88.1 Å². The molecule has 0 unspecified atom stereocenters. The fourth-order valence-electron chi connectivity index (χ4n) is 4.55. The second kappa shape index (κ2) is 5.68. The van der Waals surface area contributed by atoms with Gasteiger partial charge >= 0.3 is 6.01 Å². The van der Waals surface area contributed by atoms with Crippen molar-refractivity contribution in [3.8, 4) is 0 Å². The lowest BCUT2D eigenvalue weighted by molar-refractivity contribution is 0.463. The van der Waals surface area contributed by atoms with E-state index in [-0.39, 0.29) is 6.04 Å². The molecule has 8 nitrogen and oxygen atoms in total. The Morgan fingerprint density at radius 3 is 2.86 bits per heavy atom. The summed E-state index contributed by atoms with van der Waals surface area (Å²) in [5.74, 6) is 1.87. The van der Waals surface area contributed by atoms with Crippen molar-refractivity contribution in [1.82, 2.24) is 29.8 Å². The molecule has 3 aliphatic rings. The zero-order chi connectivity index (χ0) is 18.9. The molecule has 5 heterocycles. The van der Waals surface area contributed by atoms with E-state index in [0.29, 0.717) is 17.9 Å². The lowest BCUT2D eigenvalue weighted by atomic mass is 10.00. The van der Waals surface area contributed by atoms with Crippen molar-refractivity contribution in [3.05, 3.63) is 59.3 Å². The number of pyridine rings is 1. The van der Waals surface area contributed by atoms with E-state index < -0.39 is 0 Å². The van der Waals surface area contributed by atoms with Gasteiger partial charge in [0, 0.05) is 30.8 Å². The normalized spacial score (nSPS) is 21.7. The van der Waals surface area contributed by atoms with Crippen LogP contribution in [0.1, 0.15) is 72.1 Å². The number of rotatable bonds is 4. The number of fused-ring (bicyclic) bond motifs is 2. The molecule has 7 rings (SSSR count). The van der Waals surface area contributed by atoms with Gasteiger partial charge in [-0.25, -0.2) is 9.50 Å². The number of aromatic nitrogens is 6. The van der Waals surface area contributed by atoms with Crippen molar-refractivity contribution in [2.75, 3.05) is 11.4 Å². The molecule has 0 aromatic carbocycles. The summed E-state index contributed by atoms with van der Waals surface area (Å²) in [4.78, 5) is 10.1. The maximum absolute atomic E-state index is 6.07. The van der Waals surface area contributed by atoms with Crippen LogP contribution in [0.25, 0.3) is 5.52 Å². The molecule has 1 atom stereocenters. The lowest BCUT2D eigenvalue weighted by Crippen LogP contribution is -2.36. The quantitative estimate of drug-likeness (QED) is 0.578. The van der Waals surface area contributed by atoms with Crippen molar-refractivity contribution in [1.29, 1.82) is 0 Å². The molecule has 2 fully saturated rings. The molecule has 0 saturated heterocycles. The summed E-state index contributed by atoms with van der Waals surface area (Å²) in [5.41, 5.74) is 5.71. The Kier molecular flexibility index (Phi) is 3.08. The third kappa shape index (κ3) is 2.44. The van der Waals surface area contributed by atoms with Crippen LogP contribution in [0.2, 0.25) is 0 Å². The highest BCUT2D eigenvalue weighted by Gasteiger charge is 2.38. The monoisotopic (exact) mass is 387 g/mol. The predicted octanol–water partition coefficient (Wildman–Crippen LogP) is 3.35. The second-order valence-corrected chi connectivity index (χ2v) is 8.45. The molecule has 0 amide bonds. The summed E-state index contributed by atoms with van der Waals surface area (Å²) in [7, 11) is 0. The van der Waals surface area contributed by atoms with Crippen molar-refractivity contribution in [3.63, 3.8) is 0 Å². The van der Waals surface area contributed by atoms with Crippen molar-refractivity contribution < 1.29 is 4.42 Å². The molecule has 0 radical (unpaired) electrons. The maximum Gasteiger partial charge on any atom is 0.319 e. The minimum absolute atomic E-state index is 0.135. The van der Waals surface area contributed by atoms with Gasteiger partial charge in [-0.15, -0.1) is 5.10 Å². The molecule has 29 heavy (non-hydrogen) atoms. The van der Waals surface area contributed by atoms with Crippen LogP contribution in [0.4, 0.5) is 6.01 Å². The first-order valence-corrected chi connectivity index (χ1v) is 10.5. The van der Waals surface area contributed by atoms with Crippen molar-refractivity contribution in [2.45, 2.75) is 50.0 Å². The van der Waals surface area contributed by atoms with E-state index in [1.807, 2.05) is 10.7 Å². The summed E-state index contributed by atoms with van der Waals surface area (Å²) in [6.07, 6.45) is 9.50. The standard InChI is InChI=1S/C21H21N7O/c1-2-14(12-3-4-12)17-10-16(26-28(17)8-1)19-18-15(22-11-23-18)7-9-27(19)21-25-24-20(29-21)13-5-6-13/h1-2,8,10-13,19H,3-7,9H2,(H,22,23)/t19-/m1/s1. The molecule has 1 N–H and O–H groups in total. The Morgan fingerprint density at radius 1 is 1.10 bits per heavy atom. The van der Waals surface area contributed by atoms with Crippen LogP contribution in [0, 0.1) is 0 Å². The van der Waals surface area contributed by atoms with E-state index >= 15 is 0 Å². The Morgan fingerprint density at radius 2 is 2.00 bits per heavy atom. The van der Waals surface area contributed by atoms with Gasteiger partial charge in [-0.2, -0.15) is 5.10 Å². The fourth-order valence-corrected chi connectivity index (χ4v) is 4.55. The smallest absolute Gasteiger partial charge is 0.319 e. The number of nitrogens with zero attached hydrogens (tertiary/aromatic N) is 6. The Bertz CT molecular complexity index is 1210. The first kappa shape index (κ1) is 15.7. The number of aromatic amines is 1. The predicted molar refractivity (Wildman–Crippen MR) is 105 cm³/mol. The molecule has 8 heteroatoms. The first-order chi connectivity index (χ1) is 14.3. The van der Waals surface area contributed by atoms with Gasteiger partial charge in [-0.1, -0.05) is 11.2 Å². The minimum atomic E-state index is -0.135. The van der Waals surface area contributed by atoms with Crippen LogP contribution >= 0.6 is 0 Å². The summed E-state index contributed by atoms with van der Waals surface area (Å²) in [6, 6.07) is 6.98. The zero-order valence-corrected chi connectivity index (χ0v) is 16.0. The zero-order valence-electron chi connectivity index (χ0n) is 16.0. The Hall–Kier alpha value is -3.16. The molecule has 146 valence electrons. The fraction of sp³-hybridized carbons (Fsp3) is 0.429. The van der Waals surface area contributed by atoms with E-state index in [1.165, 1.54) is 23.9 Å². The van der Waals surface area contributed by atoms with Gasteiger partial charge in [0.15, 0.2) is 0 Å². The molecule has 0 spiro atoms. The molecular formula is C21H21N7O. The number of imidazole rings is 1. The number of nitrogens with one attached hydrogen (secondary N) is 1. The van der Waals surface area contributed by atoms with Gasteiger partial charge in [-0.05, 0) is 49.3 Å². The first-order valence-electron chi connectivity index (χ1n) is 10.5. The van der Waals surface area contributed by atoms with Gasteiger partial charge in [-0.3, -0.25) is 0 Å². The molecule has 4 aromatic rings. The molecule has 1 aliphatic heterocycles. The SMILES string of the molecule is c1cc(C2CC2)c2cc([C@@H]3c4nc[nH]c4CCN3c3nnc(C4CC4)o3)nn2c1. The molecular weight excluding hydrogens is 366 g/mol. The molecule has 4 aromatic heterocycles. The summed E-state index contributed by atoms with van der Waals surface area (Å²) >= 11 is 0. The van der Waals surface area contributed by atoms with Crippen molar-refractivity contribution >= 4 is 11.5 Å². The van der Waals surface area contributed by atoms with E-state index in [1.54, 1.807) is 6.33 Å². The van der Waals surface area contributed by atoms with Crippen LogP contribution in [0.3, 0.4) is 0 Å². The highest BCUT2D eigenvalue weighted by Crippen LogP contribution is 2.44. The number of anilines is 1. The lowest BCUT2D eigenvalue weighted by Gasteiger charge is -2.32. The van der Waals surface area contributed by atoms with E-state index in [0.717, 1.165) is 48.8 Å². The van der Waals surface area contributed by atoms with Gasteiger partial charge in [0.25, 0.3) is 0 Å². The van der Waals surface area contributed by atoms with Crippen LogP contribution in [0.5, 0.6) is 0 Å². The van der Waals surface area contributed by atoms with Gasteiger partial charge in [0.05, 0.1) is 23.2 Å². The van der Waals surface area contributed by atoms with Crippen LogP contribution in [-0.2, 0) is 6.42 Å². The van der Waals surface area contributed by atoms with Gasteiger partial charge in [0.2, 0.25) is 5.89 Å². The van der Waals surface area contributed by atoms with E-state index in [2.05, 4.69) is 43.3 Å². The molecule has 2 aliphatic carbocycles. The van der Waals surface area contributed by atoms with Crippen LogP contribution < -0.4 is 4.90 Å². The number of H-pyrrole nitrogens is 1. The third-order valence-corrected chi connectivity index (χ3v) is 6.38. The van der Waals surface area contributed by atoms with E-state index in [4.69, 9.17) is 9.52 Å². The number of hydrogen-bond acceptors (Lipinski definition) is 6. The summed E-state index contributed by atoms with van der Waals surface area (Å²) in [5, 5.41) is 13.6. The largest absolute Gasteiger partial charge is 0.408 e. The second-order valence-electron chi connectivity index (χ2n) is 8.45. The molecule has 2 saturated carbocycles. The van der Waals surface area contributed by atoms with Crippen LogP contribution in [0.15, 0.2) is 35.1 Å². The Labute approximate surface area is 167 Å². The maximum atomic E-state index is 6.07. The molecule has 0 bridgehead atoms. The van der Waals surface area contributed by atoms with Gasteiger partial charge < -0.3 is 14.3 Å². The average Bonchev–Trinajstić information content (AvgIpc) is 3.62. The number of hydrogen-bond donors (Lipinski definition) is 1. The highest BCUT2D eigenvalue weighted by molar-refractivity contribution is 5.59. The Balaban J connectivity index is 1.36. The van der Waals surface area contributed by atoms with Gasteiger partial charge in [0.1, 0.15) is 6.04 Å². The van der Waals surface area contributed by atoms with Crippen molar-refractivity contribution in [2.24, 2.45) is 0 Å². The average molecular weight is 387 g/mol. The highest BCUT2D eigenvalue weighted by atomic mass is 16.4. The van der Waals surface area contributed by atoms with Crippen LogP contribution in [-0.4, -0.2) is 36.3 Å². The van der Waals surface area contributed by atoms with E-state index in [9.17, 15) is 0 Å². The third-order valence-electron chi connectivity index (χ3n) is 6.38. The summed E-state index contributed by atoms with van der Waals surface area (Å²) in [6.45, 7) is 0.787.